The number of aliphatic carboxylic acids is 1. The van der Waals surface area contributed by atoms with Crippen LogP contribution in [-0.4, -0.2) is 34.1 Å². The molecule has 5 N–H and O–H groups in total. The van der Waals surface area contributed by atoms with Crippen molar-refractivity contribution in [2.24, 2.45) is 5.73 Å². The van der Waals surface area contributed by atoms with Crippen LogP contribution in [0.4, 0.5) is 5.69 Å². The van der Waals surface area contributed by atoms with Crippen molar-refractivity contribution in [1.29, 1.82) is 0 Å². The molecule has 0 aliphatic carbocycles. The van der Waals surface area contributed by atoms with E-state index in [-0.39, 0.29) is 18.4 Å². The van der Waals surface area contributed by atoms with Gasteiger partial charge in [0.2, 0.25) is 5.91 Å². The number of anilines is 1. The highest BCUT2D eigenvalue weighted by molar-refractivity contribution is 5.96. The Labute approximate surface area is 115 Å². The average molecular weight is 280 g/mol. The van der Waals surface area contributed by atoms with Crippen molar-refractivity contribution >= 4 is 23.5 Å². The SMILES string of the molecule is Cc1cc(NC(=O)C(N)CCC(=O)O)ccc1C(=O)O. The molecule has 1 rings (SSSR count). The van der Waals surface area contributed by atoms with Gasteiger partial charge in [0, 0.05) is 12.1 Å². The Morgan fingerprint density at radius 3 is 2.45 bits per heavy atom. The van der Waals surface area contributed by atoms with Gasteiger partial charge < -0.3 is 21.3 Å². The quantitative estimate of drug-likeness (QED) is 0.610. The van der Waals surface area contributed by atoms with Crippen molar-refractivity contribution in [1.82, 2.24) is 0 Å². The minimum Gasteiger partial charge on any atom is -0.481 e. The Morgan fingerprint density at radius 1 is 1.30 bits per heavy atom. The number of carbonyl (C=O) groups excluding carboxylic acids is 1. The zero-order chi connectivity index (χ0) is 15.3. The van der Waals surface area contributed by atoms with Gasteiger partial charge in [0.15, 0.2) is 0 Å². The van der Waals surface area contributed by atoms with Crippen LogP contribution in [0.25, 0.3) is 0 Å². The van der Waals surface area contributed by atoms with Crippen LogP contribution in [0.2, 0.25) is 0 Å². The lowest BCUT2D eigenvalue weighted by atomic mass is 10.1. The predicted octanol–water partition coefficient (Wildman–Crippen LogP) is 0.824. The minimum atomic E-state index is -1.04. The van der Waals surface area contributed by atoms with Crippen LogP contribution >= 0.6 is 0 Å². The van der Waals surface area contributed by atoms with Gasteiger partial charge in [0.05, 0.1) is 11.6 Å². The number of carbonyl (C=O) groups is 3. The van der Waals surface area contributed by atoms with Crippen LogP contribution in [0, 0.1) is 6.92 Å². The second-order valence-corrected chi connectivity index (χ2v) is 4.36. The summed E-state index contributed by atoms with van der Waals surface area (Å²) >= 11 is 0. The maximum Gasteiger partial charge on any atom is 0.335 e. The summed E-state index contributed by atoms with van der Waals surface area (Å²) < 4.78 is 0. The van der Waals surface area contributed by atoms with Gasteiger partial charge in [-0.2, -0.15) is 0 Å². The lowest BCUT2D eigenvalue weighted by Crippen LogP contribution is -2.36. The standard InChI is InChI=1S/C13H16N2O5/c1-7-6-8(2-3-9(7)13(19)20)15-12(18)10(14)4-5-11(16)17/h2-3,6,10H,4-5,14H2,1H3,(H,15,18)(H,16,17)(H,19,20). The molecule has 0 aliphatic rings. The zero-order valence-corrected chi connectivity index (χ0v) is 10.9. The van der Waals surface area contributed by atoms with Gasteiger partial charge in [-0.15, -0.1) is 0 Å². The molecule has 0 saturated heterocycles. The predicted molar refractivity (Wildman–Crippen MR) is 71.6 cm³/mol. The van der Waals surface area contributed by atoms with E-state index in [1.54, 1.807) is 6.92 Å². The summed E-state index contributed by atoms with van der Waals surface area (Å²) in [5.74, 6) is -2.57. The fraction of sp³-hybridized carbons (Fsp3) is 0.308. The number of hydrogen-bond acceptors (Lipinski definition) is 4. The molecule has 1 atom stereocenters. The van der Waals surface area contributed by atoms with Crippen LogP contribution in [0.5, 0.6) is 0 Å². The van der Waals surface area contributed by atoms with Gasteiger partial charge >= 0.3 is 11.9 Å². The van der Waals surface area contributed by atoms with Crippen molar-refractivity contribution in [2.75, 3.05) is 5.32 Å². The van der Waals surface area contributed by atoms with E-state index in [0.717, 1.165) is 0 Å². The monoisotopic (exact) mass is 280 g/mol. The molecule has 0 bridgehead atoms. The van der Waals surface area contributed by atoms with E-state index in [0.29, 0.717) is 11.3 Å². The molecule has 0 aromatic heterocycles. The zero-order valence-electron chi connectivity index (χ0n) is 10.9. The Balaban J connectivity index is 2.69. The highest BCUT2D eigenvalue weighted by Gasteiger charge is 2.15. The normalized spacial score (nSPS) is 11.7. The van der Waals surface area contributed by atoms with Gasteiger partial charge in [-0.1, -0.05) is 0 Å². The molecule has 20 heavy (non-hydrogen) atoms. The summed E-state index contributed by atoms with van der Waals surface area (Å²) in [6.45, 7) is 1.61. The topological polar surface area (TPSA) is 130 Å². The molecule has 7 nitrogen and oxygen atoms in total. The van der Waals surface area contributed by atoms with Crippen molar-refractivity contribution < 1.29 is 24.6 Å². The van der Waals surface area contributed by atoms with Crippen LogP contribution < -0.4 is 11.1 Å². The Bertz CT molecular complexity index is 542. The maximum atomic E-state index is 11.7. The van der Waals surface area contributed by atoms with E-state index in [2.05, 4.69) is 5.32 Å². The largest absolute Gasteiger partial charge is 0.481 e. The third-order valence-corrected chi connectivity index (χ3v) is 2.73. The highest BCUT2D eigenvalue weighted by Crippen LogP contribution is 2.15. The molecule has 7 heteroatoms. The third-order valence-electron chi connectivity index (χ3n) is 2.73. The van der Waals surface area contributed by atoms with Crippen molar-refractivity contribution in [3.63, 3.8) is 0 Å². The number of carboxylic acid groups (broad SMARTS) is 2. The first-order valence-corrected chi connectivity index (χ1v) is 5.93. The van der Waals surface area contributed by atoms with E-state index in [1.165, 1.54) is 18.2 Å². The molecule has 1 aromatic rings. The number of aromatic carboxylic acids is 1. The number of nitrogens with two attached hydrogens (primary N) is 1. The first kappa shape index (κ1) is 15.6. The van der Waals surface area contributed by atoms with E-state index in [9.17, 15) is 14.4 Å². The molecule has 0 heterocycles. The van der Waals surface area contributed by atoms with E-state index in [1.807, 2.05) is 0 Å². The molecule has 108 valence electrons. The van der Waals surface area contributed by atoms with Crippen LogP contribution in [-0.2, 0) is 9.59 Å². The fourth-order valence-electron chi connectivity index (χ4n) is 1.63. The molecule has 1 amide bonds. The number of aryl methyl sites for hydroxylation is 1. The summed E-state index contributed by atoms with van der Waals surface area (Å²) in [5.41, 5.74) is 6.64. The number of benzene rings is 1. The second kappa shape index (κ2) is 6.67. The molecule has 0 fully saturated rings. The van der Waals surface area contributed by atoms with E-state index < -0.39 is 23.9 Å². The summed E-state index contributed by atoms with van der Waals surface area (Å²) in [6.07, 6.45) is -0.154. The fourth-order valence-corrected chi connectivity index (χ4v) is 1.63. The summed E-state index contributed by atoms with van der Waals surface area (Å²) in [5, 5.41) is 19.9. The van der Waals surface area contributed by atoms with E-state index >= 15 is 0 Å². The molecular weight excluding hydrogens is 264 g/mol. The Kier molecular flexibility index (Phi) is 5.22. The summed E-state index contributed by atoms with van der Waals surface area (Å²) in [6, 6.07) is 3.44. The third kappa shape index (κ3) is 4.36. The lowest BCUT2D eigenvalue weighted by Gasteiger charge is -2.12. The summed E-state index contributed by atoms with van der Waals surface area (Å²) in [7, 11) is 0. The molecule has 0 saturated carbocycles. The van der Waals surface area contributed by atoms with E-state index in [4.69, 9.17) is 15.9 Å². The van der Waals surface area contributed by atoms with Gasteiger partial charge in [-0.25, -0.2) is 4.79 Å². The first-order chi connectivity index (χ1) is 9.31. The maximum absolute atomic E-state index is 11.7. The van der Waals surface area contributed by atoms with Gasteiger partial charge in [-0.05, 0) is 37.1 Å². The number of amides is 1. The molecule has 1 aromatic carbocycles. The van der Waals surface area contributed by atoms with Crippen LogP contribution in [0.3, 0.4) is 0 Å². The van der Waals surface area contributed by atoms with Crippen LogP contribution in [0.15, 0.2) is 18.2 Å². The van der Waals surface area contributed by atoms with Crippen LogP contribution in [0.1, 0.15) is 28.8 Å². The Hall–Kier alpha value is -2.41. The lowest BCUT2D eigenvalue weighted by molar-refractivity contribution is -0.137. The Morgan fingerprint density at radius 2 is 1.95 bits per heavy atom. The highest BCUT2D eigenvalue weighted by atomic mass is 16.4. The van der Waals surface area contributed by atoms with Gasteiger partial charge in [0.1, 0.15) is 0 Å². The second-order valence-electron chi connectivity index (χ2n) is 4.36. The number of nitrogens with one attached hydrogen (secondary N) is 1. The van der Waals surface area contributed by atoms with Gasteiger partial charge in [0.25, 0.3) is 0 Å². The molecule has 1 unspecified atom stereocenters. The smallest absolute Gasteiger partial charge is 0.335 e. The summed E-state index contributed by atoms with van der Waals surface area (Å²) in [4.78, 5) is 32.9. The molecular formula is C13H16N2O5. The number of rotatable bonds is 6. The van der Waals surface area contributed by atoms with Crippen molar-refractivity contribution in [3.8, 4) is 0 Å². The number of carboxylic acids is 2. The average Bonchev–Trinajstić information content (AvgIpc) is 2.35. The van der Waals surface area contributed by atoms with Gasteiger partial charge in [-0.3, -0.25) is 9.59 Å². The number of hydrogen-bond donors (Lipinski definition) is 4. The van der Waals surface area contributed by atoms with Crippen molar-refractivity contribution in [3.05, 3.63) is 29.3 Å². The molecule has 0 radical (unpaired) electrons. The molecule has 0 aliphatic heterocycles. The first-order valence-electron chi connectivity index (χ1n) is 5.93. The minimum absolute atomic E-state index is 0.0351. The van der Waals surface area contributed by atoms with Crippen molar-refractivity contribution in [2.45, 2.75) is 25.8 Å². The molecule has 0 spiro atoms.